The van der Waals surface area contributed by atoms with Gasteiger partial charge in [-0.05, 0) is 39.1 Å². The van der Waals surface area contributed by atoms with Gasteiger partial charge in [-0.2, -0.15) is 0 Å². The first-order valence-electron chi connectivity index (χ1n) is 5.35. The molecule has 0 saturated carbocycles. The van der Waals surface area contributed by atoms with Crippen molar-refractivity contribution >= 4 is 8.56 Å². The van der Waals surface area contributed by atoms with Crippen LogP contribution in [-0.4, -0.2) is 48.3 Å². The highest BCUT2D eigenvalue weighted by Gasteiger charge is 2.33. The fourth-order valence-corrected chi connectivity index (χ4v) is 4.35. The fraction of sp³-hybridized carbons (Fsp3) is 1.00. The number of nitrogens with zero attached hydrogens (tertiary/aromatic N) is 1. The zero-order valence-electron chi connectivity index (χ0n) is 10.3. The molecule has 0 aliphatic carbocycles. The molecule has 0 aromatic heterocycles. The van der Waals surface area contributed by atoms with Crippen LogP contribution in [0.15, 0.2) is 0 Å². The largest absolute Gasteiger partial charge is 0.398 e. The van der Waals surface area contributed by atoms with Crippen molar-refractivity contribution in [2.24, 2.45) is 0 Å². The molecule has 0 bridgehead atoms. The molecular formula is C10H25NO2Si. The Labute approximate surface area is 89.6 Å². The molecule has 0 aliphatic rings. The van der Waals surface area contributed by atoms with E-state index in [0.717, 1.165) is 25.1 Å². The van der Waals surface area contributed by atoms with E-state index >= 15 is 0 Å². The van der Waals surface area contributed by atoms with Gasteiger partial charge < -0.3 is 13.8 Å². The zero-order valence-corrected chi connectivity index (χ0v) is 11.3. The first-order chi connectivity index (χ1) is 6.60. The molecule has 0 N–H and O–H groups in total. The monoisotopic (exact) mass is 219 g/mol. The predicted octanol–water partition coefficient (Wildman–Crippen LogP) is 2.08. The van der Waals surface area contributed by atoms with Gasteiger partial charge in [0.15, 0.2) is 0 Å². The highest BCUT2D eigenvalue weighted by molar-refractivity contribution is 6.67. The summed E-state index contributed by atoms with van der Waals surface area (Å²) in [7, 11) is 5.95. The Bertz CT molecular complexity index is 138. The lowest BCUT2D eigenvalue weighted by Gasteiger charge is -2.27. The highest BCUT2D eigenvalue weighted by atomic mass is 28.4. The van der Waals surface area contributed by atoms with Gasteiger partial charge in [0.2, 0.25) is 0 Å². The normalized spacial score (nSPS) is 12.4. The summed E-state index contributed by atoms with van der Waals surface area (Å²) in [6.45, 7) is 3.30. The Hall–Kier alpha value is 0.0969. The van der Waals surface area contributed by atoms with Crippen molar-refractivity contribution < 1.29 is 8.85 Å². The first-order valence-corrected chi connectivity index (χ1v) is 7.58. The molecule has 0 amide bonds. The van der Waals surface area contributed by atoms with Crippen LogP contribution in [0.1, 0.15) is 19.8 Å². The molecule has 86 valence electrons. The van der Waals surface area contributed by atoms with Crippen molar-refractivity contribution in [3.05, 3.63) is 0 Å². The molecule has 0 fully saturated rings. The van der Waals surface area contributed by atoms with E-state index in [1.165, 1.54) is 6.42 Å². The number of rotatable bonds is 8. The smallest absolute Gasteiger partial charge is 0.337 e. The van der Waals surface area contributed by atoms with Crippen LogP contribution in [0.5, 0.6) is 0 Å². The lowest BCUT2D eigenvalue weighted by Crippen LogP contribution is -2.40. The van der Waals surface area contributed by atoms with Crippen LogP contribution in [0.2, 0.25) is 12.1 Å². The molecule has 0 radical (unpaired) electrons. The minimum atomic E-state index is -1.84. The van der Waals surface area contributed by atoms with Crippen LogP contribution in [-0.2, 0) is 8.85 Å². The second-order valence-electron chi connectivity index (χ2n) is 3.98. The van der Waals surface area contributed by atoms with Gasteiger partial charge in [0.05, 0.1) is 0 Å². The predicted molar refractivity (Wildman–Crippen MR) is 62.8 cm³/mol. The third kappa shape index (κ3) is 5.10. The van der Waals surface area contributed by atoms with Gasteiger partial charge in [0.25, 0.3) is 0 Å². The molecule has 0 rings (SSSR count). The Morgan fingerprint density at radius 1 is 1.07 bits per heavy atom. The van der Waals surface area contributed by atoms with Gasteiger partial charge in [-0.25, -0.2) is 0 Å². The lowest BCUT2D eigenvalue weighted by molar-refractivity contribution is 0.237. The fourth-order valence-electron chi connectivity index (χ4n) is 1.66. The Kier molecular flexibility index (Phi) is 7.45. The second-order valence-corrected chi connectivity index (χ2v) is 7.61. The van der Waals surface area contributed by atoms with Gasteiger partial charge in [-0.3, -0.25) is 0 Å². The lowest BCUT2D eigenvalue weighted by atomic mass is 10.5. The van der Waals surface area contributed by atoms with Crippen molar-refractivity contribution in [2.45, 2.75) is 31.9 Å². The van der Waals surface area contributed by atoms with Crippen molar-refractivity contribution in [1.82, 2.24) is 4.90 Å². The molecule has 4 heteroatoms. The summed E-state index contributed by atoms with van der Waals surface area (Å²) in [6, 6.07) is 2.21. The zero-order chi connectivity index (χ0) is 11.0. The summed E-state index contributed by atoms with van der Waals surface area (Å²) in [5.74, 6) is 0. The molecule has 0 atom stereocenters. The van der Waals surface area contributed by atoms with Gasteiger partial charge in [0.1, 0.15) is 0 Å². The van der Waals surface area contributed by atoms with Crippen LogP contribution in [0.25, 0.3) is 0 Å². The third-order valence-corrected chi connectivity index (χ3v) is 6.40. The minimum Gasteiger partial charge on any atom is -0.398 e. The van der Waals surface area contributed by atoms with E-state index in [1.807, 2.05) is 0 Å². The van der Waals surface area contributed by atoms with Crippen molar-refractivity contribution in [3.63, 3.8) is 0 Å². The van der Waals surface area contributed by atoms with E-state index in [2.05, 4.69) is 25.9 Å². The average Bonchev–Trinajstić information content (AvgIpc) is 2.16. The van der Waals surface area contributed by atoms with Crippen molar-refractivity contribution in [1.29, 1.82) is 0 Å². The van der Waals surface area contributed by atoms with Crippen molar-refractivity contribution in [2.75, 3.05) is 34.9 Å². The third-order valence-electron chi connectivity index (χ3n) is 2.54. The van der Waals surface area contributed by atoms with Gasteiger partial charge in [0, 0.05) is 14.2 Å². The Balaban J connectivity index is 3.94. The van der Waals surface area contributed by atoms with Gasteiger partial charge in [-0.15, -0.1) is 0 Å². The molecular weight excluding hydrogens is 194 g/mol. The van der Waals surface area contributed by atoms with Crippen molar-refractivity contribution in [3.8, 4) is 0 Å². The van der Waals surface area contributed by atoms with Crippen LogP contribution in [0.3, 0.4) is 0 Å². The summed E-state index contributed by atoms with van der Waals surface area (Å²) in [5, 5.41) is 0. The molecule has 14 heavy (non-hydrogen) atoms. The highest BCUT2D eigenvalue weighted by Crippen LogP contribution is 2.21. The molecule has 3 nitrogen and oxygen atoms in total. The van der Waals surface area contributed by atoms with E-state index in [4.69, 9.17) is 8.85 Å². The SMILES string of the molecule is CCC[Si](CCCN(C)C)(OC)OC. The molecule has 0 spiro atoms. The molecule has 0 unspecified atom stereocenters. The van der Waals surface area contributed by atoms with E-state index in [9.17, 15) is 0 Å². The van der Waals surface area contributed by atoms with E-state index < -0.39 is 8.56 Å². The van der Waals surface area contributed by atoms with Crippen LogP contribution >= 0.6 is 0 Å². The van der Waals surface area contributed by atoms with E-state index in [-0.39, 0.29) is 0 Å². The van der Waals surface area contributed by atoms with Crippen LogP contribution in [0.4, 0.5) is 0 Å². The summed E-state index contributed by atoms with van der Waals surface area (Å²) in [6.07, 6.45) is 2.32. The standard InChI is InChI=1S/C10H25NO2Si/c1-6-9-14(12-4,13-5)10-7-8-11(2)3/h6-10H2,1-5H3. The maximum atomic E-state index is 5.61. The number of hydrogen-bond acceptors (Lipinski definition) is 3. The first kappa shape index (κ1) is 14.1. The minimum absolute atomic E-state index is 1.10. The van der Waals surface area contributed by atoms with Gasteiger partial charge >= 0.3 is 8.56 Å². The summed E-state index contributed by atoms with van der Waals surface area (Å²) in [5.41, 5.74) is 0. The number of hydrogen-bond donors (Lipinski definition) is 0. The molecule has 0 aliphatic heterocycles. The molecule has 0 aromatic rings. The summed E-state index contributed by atoms with van der Waals surface area (Å²) < 4.78 is 11.2. The van der Waals surface area contributed by atoms with Crippen LogP contribution < -0.4 is 0 Å². The average molecular weight is 219 g/mol. The second kappa shape index (κ2) is 7.40. The Morgan fingerprint density at radius 2 is 1.64 bits per heavy atom. The topological polar surface area (TPSA) is 21.7 Å². The Morgan fingerprint density at radius 3 is 2.00 bits per heavy atom. The maximum absolute atomic E-state index is 5.61. The quantitative estimate of drug-likeness (QED) is 0.584. The summed E-state index contributed by atoms with van der Waals surface area (Å²) >= 11 is 0. The maximum Gasteiger partial charge on any atom is 0.337 e. The summed E-state index contributed by atoms with van der Waals surface area (Å²) in [4.78, 5) is 2.20. The van der Waals surface area contributed by atoms with Gasteiger partial charge in [-0.1, -0.05) is 13.3 Å². The van der Waals surface area contributed by atoms with Crippen LogP contribution in [0, 0.1) is 0 Å². The van der Waals surface area contributed by atoms with E-state index in [1.54, 1.807) is 14.2 Å². The molecule has 0 heterocycles. The molecule has 0 saturated heterocycles. The molecule has 0 aromatic carbocycles. The van der Waals surface area contributed by atoms with E-state index in [0.29, 0.717) is 0 Å².